The van der Waals surface area contributed by atoms with E-state index in [2.05, 4.69) is 6.58 Å². The van der Waals surface area contributed by atoms with Crippen LogP contribution in [-0.2, 0) is 10.1 Å². The van der Waals surface area contributed by atoms with Crippen LogP contribution in [0.3, 0.4) is 0 Å². The summed E-state index contributed by atoms with van der Waals surface area (Å²) in [6.45, 7) is 3.64. The predicted octanol–water partition coefficient (Wildman–Crippen LogP) is 3.38. The van der Waals surface area contributed by atoms with Crippen molar-refractivity contribution in [1.82, 2.24) is 0 Å². The summed E-state index contributed by atoms with van der Waals surface area (Å²) in [6, 6.07) is 8.27. The Balaban J connectivity index is 3.06. The molecule has 88 valence electrons. The van der Waals surface area contributed by atoms with E-state index < -0.39 is 10.1 Å². The third kappa shape index (κ3) is 2.07. The molecule has 0 spiro atoms. The molecule has 0 aromatic heterocycles. The smallest absolute Gasteiger partial charge is 0.282 e. The fourth-order valence-corrected chi connectivity index (χ4v) is 3.05. The van der Waals surface area contributed by atoms with Crippen LogP contribution in [0.4, 0.5) is 0 Å². The molecule has 0 unspecified atom stereocenters. The molecule has 0 aliphatic carbocycles. The standard InChI is InChI=1S/C12H9ClO3S/c1-2-8-7-11(13)12(17(14,15)16)10-6-4-3-5-9(8)10/h2-7H,1H2,(H,14,15,16). The number of benzene rings is 2. The van der Waals surface area contributed by atoms with Gasteiger partial charge in [0.15, 0.2) is 0 Å². The molecule has 17 heavy (non-hydrogen) atoms. The summed E-state index contributed by atoms with van der Waals surface area (Å²) in [4.78, 5) is -0.264. The molecule has 5 heteroatoms. The van der Waals surface area contributed by atoms with E-state index in [-0.39, 0.29) is 9.92 Å². The molecule has 0 bridgehead atoms. The second kappa shape index (κ2) is 4.14. The van der Waals surface area contributed by atoms with E-state index in [1.165, 1.54) is 6.07 Å². The second-order valence-electron chi connectivity index (χ2n) is 3.50. The van der Waals surface area contributed by atoms with E-state index >= 15 is 0 Å². The van der Waals surface area contributed by atoms with Crippen LogP contribution >= 0.6 is 11.6 Å². The lowest BCUT2D eigenvalue weighted by molar-refractivity contribution is 0.484. The summed E-state index contributed by atoms with van der Waals surface area (Å²) >= 11 is 5.88. The van der Waals surface area contributed by atoms with Gasteiger partial charge in [-0.1, -0.05) is 48.5 Å². The largest absolute Gasteiger partial charge is 0.296 e. The minimum Gasteiger partial charge on any atom is -0.282 e. The Morgan fingerprint density at radius 1 is 1.24 bits per heavy atom. The SMILES string of the molecule is C=Cc1cc(Cl)c(S(=O)(=O)O)c2ccccc12. The van der Waals surface area contributed by atoms with Gasteiger partial charge in [0.1, 0.15) is 4.90 Å². The highest BCUT2D eigenvalue weighted by Gasteiger charge is 2.19. The number of rotatable bonds is 2. The molecular formula is C12H9ClO3S. The molecule has 3 nitrogen and oxygen atoms in total. The van der Waals surface area contributed by atoms with Crippen molar-refractivity contribution in [3.8, 4) is 0 Å². The normalized spacial score (nSPS) is 11.6. The van der Waals surface area contributed by atoms with Crippen molar-refractivity contribution in [2.75, 3.05) is 0 Å². The molecule has 2 rings (SSSR count). The molecule has 0 aliphatic heterocycles. The van der Waals surface area contributed by atoms with Crippen molar-refractivity contribution in [2.45, 2.75) is 4.90 Å². The van der Waals surface area contributed by atoms with Gasteiger partial charge in [-0.15, -0.1) is 0 Å². The lowest BCUT2D eigenvalue weighted by Crippen LogP contribution is -2.01. The summed E-state index contributed by atoms with van der Waals surface area (Å²) < 4.78 is 31.8. The zero-order valence-electron chi connectivity index (χ0n) is 8.72. The highest BCUT2D eigenvalue weighted by molar-refractivity contribution is 7.86. The Hall–Kier alpha value is -1.36. The lowest BCUT2D eigenvalue weighted by atomic mass is 10.0. The monoisotopic (exact) mass is 268 g/mol. The lowest BCUT2D eigenvalue weighted by Gasteiger charge is -2.09. The first-order valence-corrected chi connectivity index (χ1v) is 6.58. The first-order valence-electron chi connectivity index (χ1n) is 4.76. The molecule has 0 saturated heterocycles. The van der Waals surface area contributed by atoms with Gasteiger partial charge in [0, 0.05) is 5.39 Å². The van der Waals surface area contributed by atoms with E-state index in [1.807, 2.05) is 0 Å². The van der Waals surface area contributed by atoms with Crippen molar-refractivity contribution in [1.29, 1.82) is 0 Å². The Kier molecular flexibility index (Phi) is 2.95. The maximum Gasteiger partial charge on any atom is 0.296 e. The van der Waals surface area contributed by atoms with Crippen LogP contribution in [0.2, 0.25) is 5.02 Å². The van der Waals surface area contributed by atoms with Crippen molar-refractivity contribution in [3.05, 3.63) is 47.5 Å². The molecule has 0 fully saturated rings. The van der Waals surface area contributed by atoms with E-state index in [0.717, 1.165) is 5.56 Å². The highest BCUT2D eigenvalue weighted by atomic mass is 35.5. The van der Waals surface area contributed by atoms with Crippen LogP contribution in [0.1, 0.15) is 5.56 Å². The number of hydrogen-bond donors (Lipinski definition) is 1. The topological polar surface area (TPSA) is 54.4 Å². The fourth-order valence-electron chi connectivity index (χ4n) is 1.77. The van der Waals surface area contributed by atoms with Crippen LogP contribution in [0.25, 0.3) is 16.8 Å². The van der Waals surface area contributed by atoms with E-state index in [1.54, 1.807) is 30.3 Å². The van der Waals surface area contributed by atoms with Crippen molar-refractivity contribution in [2.24, 2.45) is 0 Å². The van der Waals surface area contributed by atoms with E-state index in [4.69, 9.17) is 11.6 Å². The van der Waals surface area contributed by atoms with Gasteiger partial charge in [-0.05, 0) is 17.0 Å². The summed E-state index contributed by atoms with van der Waals surface area (Å²) in [7, 11) is -4.35. The number of fused-ring (bicyclic) bond motifs is 1. The van der Waals surface area contributed by atoms with E-state index in [9.17, 15) is 13.0 Å². The van der Waals surface area contributed by atoms with Crippen molar-refractivity contribution in [3.63, 3.8) is 0 Å². The molecule has 2 aromatic rings. The maximum atomic E-state index is 11.3. The molecule has 0 heterocycles. The van der Waals surface area contributed by atoms with Gasteiger partial charge in [-0.3, -0.25) is 4.55 Å². The van der Waals surface area contributed by atoms with Gasteiger partial charge in [-0.25, -0.2) is 0 Å². The van der Waals surface area contributed by atoms with Crippen LogP contribution in [0, 0.1) is 0 Å². The molecule has 1 N–H and O–H groups in total. The summed E-state index contributed by atoms with van der Waals surface area (Å²) in [5, 5.41) is 1.05. The first kappa shape index (κ1) is 12.1. The number of halogens is 1. The minimum absolute atomic E-state index is 0.0129. The Labute approximate surface area is 104 Å². The van der Waals surface area contributed by atoms with Gasteiger partial charge < -0.3 is 0 Å². The van der Waals surface area contributed by atoms with Crippen LogP contribution in [-0.4, -0.2) is 13.0 Å². The van der Waals surface area contributed by atoms with E-state index in [0.29, 0.717) is 10.8 Å². The Bertz CT molecular complexity index is 705. The predicted molar refractivity (Wildman–Crippen MR) is 68.9 cm³/mol. The summed E-state index contributed by atoms with van der Waals surface area (Å²) in [5.41, 5.74) is 0.720. The van der Waals surface area contributed by atoms with Gasteiger partial charge in [0.05, 0.1) is 5.02 Å². The summed E-state index contributed by atoms with van der Waals surface area (Å²) in [5.74, 6) is 0. The Morgan fingerprint density at radius 3 is 2.35 bits per heavy atom. The Morgan fingerprint density at radius 2 is 1.82 bits per heavy atom. The fraction of sp³-hybridized carbons (Fsp3) is 0. The third-order valence-corrected chi connectivity index (χ3v) is 3.83. The van der Waals surface area contributed by atoms with Crippen molar-refractivity contribution >= 4 is 38.6 Å². The maximum absolute atomic E-state index is 11.3. The zero-order chi connectivity index (χ0) is 12.6. The molecule has 0 amide bonds. The average Bonchev–Trinajstić information content (AvgIpc) is 2.25. The molecule has 0 atom stereocenters. The molecule has 0 radical (unpaired) electrons. The molecule has 0 aliphatic rings. The van der Waals surface area contributed by atoms with Gasteiger partial charge >= 0.3 is 0 Å². The second-order valence-corrected chi connectivity index (χ2v) is 5.27. The molecular weight excluding hydrogens is 260 g/mol. The zero-order valence-corrected chi connectivity index (χ0v) is 10.3. The molecule has 0 saturated carbocycles. The van der Waals surface area contributed by atoms with Gasteiger partial charge in [0.25, 0.3) is 10.1 Å². The minimum atomic E-state index is -4.35. The quantitative estimate of drug-likeness (QED) is 0.850. The van der Waals surface area contributed by atoms with Crippen molar-refractivity contribution < 1.29 is 13.0 Å². The average molecular weight is 269 g/mol. The van der Waals surface area contributed by atoms with Gasteiger partial charge in [0.2, 0.25) is 0 Å². The van der Waals surface area contributed by atoms with Crippen LogP contribution in [0.15, 0.2) is 41.8 Å². The van der Waals surface area contributed by atoms with Crippen LogP contribution < -0.4 is 0 Å². The first-order chi connectivity index (χ1) is 7.95. The molecule has 2 aromatic carbocycles. The number of hydrogen-bond acceptors (Lipinski definition) is 2. The van der Waals surface area contributed by atoms with Gasteiger partial charge in [-0.2, -0.15) is 8.42 Å². The highest BCUT2D eigenvalue weighted by Crippen LogP contribution is 2.33. The summed E-state index contributed by atoms with van der Waals surface area (Å²) in [6.07, 6.45) is 1.59. The van der Waals surface area contributed by atoms with Crippen LogP contribution in [0.5, 0.6) is 0 Å². The third-order valence-electron chi connectivity index (χ3n) is 2.46.